The molecule has 0 aliphatic rings. The molecule has 0 fully saturated rings. The van der Waals surface area contributed by atoms with Gasteiger partial charge in [0.05, 0.1) is 5.57 Å². The molecule has 0 bridgehead atoms. The molecule has 0 saturated heterocycles. The van der Waals surface area contributed by atoms with Gasteiger partial charge in [0.25, 0.3) is 0 Å². The van der Waals surface area contributed by atoms with E-state index in [2.05, 4.69) is 0 Å². The highest BCUT2D eigenvalue weighted by Crippen LogP contribution is 2.13. The van der Waals surface area contributed by atoms with E-state index in [1.807, 2.05) is 0 Å². The van der Waals surface area contributed by atoms with Gasteiger partial charge in [-0.05, 0) is 17.7 Å². The minimum Gasteiger partial charge on any atom is -0.478 e. The lowest BCUT2D eigenvalue weighted by Gasteiger charge is -1.96. The lowest BCUT2D eigenvalue weighted by molar-refractivity contribution is -0.131. The van der Waals surface area contributed by atoms with Gasteiger partial charge in [0.15, 0.2) is 0 Å². The Kier molecular flexibility index (Phi) is 2.97. The van der Waals surface area contributed by atoms with E-state index < -0.39 is 11.8 Å². The number of aliphatic carboxylic acids is 1. The molecular weight excluding hydrogens is 185 g/mol. The number of allylic oxidation sites excluding steroid dienone is 1. The van der Waals surface area contributed by atoms with Gasteiger partial charge in [0.2, 0.25) is 0 Å². The van der Waals surface area contributed by atoms with Crippen LogP contribution in [0.1, 0.15) is 5.56 Å². The topological polar surface area (TPSA) is 61.1 Å². The van der Waals surface area contributed by atoms with Gasteiger partial charge in [-0.2, -0.15) is 5.26 Å². The number of carboxylic acids is 1. The van der Waals surface area contributed by atoms with Crippen LogP contribution in [0, 0.1) is 17.1 Å². The number of carboxylic acid groups (broad SMARTS) is 1. The maximum Gasteiger partial charge on any atom is 0.329 e. The van der Waals surface area contributed by atoms with Gasteiger partial charge in [0.1, 0.15) is 11.9 Å². The summed E-state index contributed by atoms with van der Waals surface area (Å²) in [4.78, 5) is 10.3. The SMILES string of the molecule is N#C/C(=C\C(=O)O)c1ccc(F)cc1. The van der Waals surface area contributed by atoms with Crippen molar-refractivity contribution in [1.29, 1.82) is 5.26 Å². The Morgan fingerprint density at radius 3 is 2.43 bits per heavy atom. The van der Waals surface area contributed by atoms with E-state index in [0.717, 1.165) is 6.08 Å². The van der Waals surface area contributed by atoms with Crippen molar-refractivity contribution in [2.24, 2.45) is 0 Å². The van der Waals surface area contributed by atoms with Crippen LogP contribution < -0.4 is 0 Å². The van der Waals surface area contributed by atoms with Crippen molar-refractivity contribution < 1.29 is 14.3 Å². The minimum atomic E-state index is -1.20. The number of hydrogen-bond acceptors (Lipinski definition) is 2. The second kappa shape index (κ2) is 4.19. The summed E-state index contributed by atoms with van der Waals surface area (Å²) in [6.07, 6.45) is 0.785. The fourth-order valence-corrected chi connectivity index (χ4v) is 0.933. The zero-order chi connectivity index (χ0) is 10.6. The van der Waals surface area contributed by atoms with Gasteiger partial charge in [-0.3, -0.25) is 0 Å². The van der Waals surface area contributed by atoms with E-state index in [0.29, 0.717) is 5.56 Å². The van der Waals surface area contributed by atoms with E-state index in [9.17, 15) is 9.18 Å². The van der Waals surface area contributed by atoms with Crippen LogP contribution in [0.4, 0.5) is 4.39 Å². The molecular formula is C10H6FNO2. The van der Waals surface area contributed by atoms with Crippen LogP contribution in [0.25, 0.3) is 5.57 Å². The van der Waals surface area contributed by atoms with Crippen molar-refractivity contribution in [1.82, 2.24) is 0 Å². The predicted molar refractivity (Wildman–Crippen MR) is 47.6 cm³/mol. The average molecular weight is 191 g/mol. The molecule has 1 N–H and O–H groups in total. The molecule has 0 aromatic heterocycles. The van der Waals surface area contributed by atoms with E-state index in [4.69, 9.17) is 10.4 Å². The van der Waals surface area contributed by atoms with Crippen LogP contribution in [-0.2, 0) is 4.79 Å². The monoisotopic (exact) mass is 191 g/mol. The summed E-state index contributed by atoms with van der Waals surface area (Å²) in [6.45, 7) is 0. The Bertz CT molecular complexity index is 415. The van der Waals surface area contributed by atoms with Crippen LogP contribution in [0.15, 0.2) is 30.3 Å². The Labute approximate surface area is 79.7 Å². The Hall–Kier alpha value is -2.15. The molecule has 0 radical (unpaired) electrons. The first-order valence-electron chi connectivity index (χ1n) is 3.74. The van der Waals surface area contributed by atoms with Gasteiger partial charge in [0, 0.05) is 6.08 Å². The largest absolute Gasteiger partial charge is 0.478 e. The third-order valence-electron chi connectivity index (χ3n) is 1.54. The molecule has 3 nitrogen and oxygen atoms in total. The van der Waals surface area contributed by atoms with E-state index in [1.165, 1.54) is 24.3 Å². The Morgan fingerprint density at radius 2 is 2.00 bits per heavy atom. The van der Waals surface area contributed by atoms with Crippen LogP contribution in [0.3, 0.4) is 0 Å². The molecule has 70 valence electrons. The van der Waals surface area contributed by atoms with Gasteiger partial charge >= 0.3 is 5.97 Å². The van der Waals surface area contributed by atoms with Crippen molar-refractivity contribution in [3.8, 4) is 6.07 Å². The van der Waals surface area contributed by atoms with Crippen LogP contribution in [-0.4, -0.2) is 11.1 Å². The standard InChI is InChI=1S/C10H6FNO2/c11-9-3-1-7(2-4-9)8(6-12)5-10(13)14/h1-5H,(H,13,14)/b8-5+. The Morgan fingerprint density at radius 1 is 1.43 bits per heavy atom. The van der Waals surface area contributed by atoms with Crippen LogP contribution in [0.5, 0.6) is 0 Å². The quantitative estimate of drug-likeness (QED) is 0.572. The third kappa shape index (κ3) is 2.42. The summed E-state index contributed by atoms with van der Waals surface area (Å²) >= 11 is 0. The Balaban J connectivity index is 3.09. The summed E-state index contributed by atoms with van der Waals surface area (Å²) in [5.74, 6) is -1.63. The molecule has 0 unspecified atom stereocenters. The number of benzene rings is 1. The van der Waals surface area contributed by atoms with Crippen molar-refractivity contribution >= 4 is 11.5 Å². The first-order valence-corrected chi connectivity index (χ1v) is 3.74. The molecule has 1 aromatic carbocycles. The normalized spacial score (nSPS) is 10.7. The highest BCUT2D eigenvalue weighted by Gasteiger charge is 2.02. The van der Waals surface area contributed by atoms with Crippen LogP contribution >= 0.6 is 0 Å². The van der Waals surface area contributed by atoms with Gasteiger partial charge in [-0.15, -0.1) is 0 Å². The number of nitrogens with zero attached hydrogens (tertiary/aromatic N) is 1. The van der Waals surface area contributed by atoms with Crippen molar-refractivity contribution in [2.75, 3.05) is 0 Å². The summed E-state index contributed by atoms with van der Waals surface area (Å²) in [5, 5.41) is 17.1. The van der Waals surface area contributed by atoms with Crippen LogP contribution in [0.2, 0.25) is 0 Å². The molecule has 0 heterocycles. The highest BCUT2D eigenvalue weighted by molar-refractivity contribution is 5.94. The van der Waals surface area contributed by atoms with Crippen molar-refractivity contribution in [3.05, 3.63) is 41.7 Å². The number of hydrogen-bond donors (Lipinski definition) is 1. The summed E-state index contributed by atoms with van der Waals surface area (Å²) < 4.78 is 12.5. The van der Waals surface area contributed by atoms with E-state index in [1.54, 1.807) is 6.07 Å². The number of rotatable bonds is 2. The van der Waals surface area contributed by atoms with E-state index in [-0.39, 0.29) is 5.57 Å². The number of carbonyl (C=O) groups is 1. The highest BCUT2D eigenvalue weighted by atomic mass is 19.1. The molecule has 0 atom stereocenters. The zero-order valence-corrected chi connectivity index (χ0v) is 7.07. The first kappa shape index (κ1) is 9.93. The summed E-state index contributed by atoms with van der Waals surface area (Å²) in [7, 11) is 0. The molecule has 0 aliphatic carbocycles. The molecule has 1 aromatic rings. The molecule has 0 spiro atoms. The van der Waals surface area contributed by atoms with Crippen molar-refractivity contribution in [2.45, 2.75) is 0 Å². The predicted octanol–water partition coefficient (Wildman–Crippen LogP) is 1.82. The zero-order valence-electron chi connectivity index (χ0n) is 7.07. The van der Waals surface area contributed by atoms with Gasteiger partial charge in [-0.1, -0.05) is 12.1 Å². The van der Waals surface area contributed by atoms with Crippen molar-refractivity contribution in [3.63, 3.8) is 0 Å². The maximum atomic E-state index is 12.5. The fourth-order valence-electron chi connectivity index (χ4n) is 0.933. The second-order valence-corrected chi connectivity index (χ2v) is 2.51. The molecule has 0 aliphatic heterocycles. The summed E-state index contributed by atoms with van der Waals surface area (Å²) in [6, 6.07) is 6.77. The van der Waals surface area contributed by atoms with Gasteiger partial charge < -0.3 is 5.11 Å². The number of halogens is 1. The smallest absolute Gasteiger partial charge is 0.329 e. The molecule has 14 heavy (non-hydrogen) atoms. The molecule has 0 saturated carbocycles. The maximum absolute atomic E-state index is 12.5. The first-order chi connectivity index (χ1) is 6.63. The number of nitriles is 1. The third-order valence-corrected chi connectivity index (χ3v) is 1.54. The molecule has 1 rings (SSSR count). The fraction of sp³-hybridized carbons (Fsp3) is 0. The minimum absolute atomic E-state index is 0.00231. The van der Waals surface area contributed by atoms with Gasteiger partial charge in [-0.25, -0.2) is 9.18 Å². The van der Waals surface area contributed by atoms with E-state index >= 15 is 0 Å². The average Bonchev–Trinajstić information content (AvgIpc) is 2.15. The molecule has 0 amide bonds. The second-order valence-electron chi connectivity index (χ2n) is 2.51. The lowest BCUT2D eigenvalue weighted by atomic mass is 10.1. The lowest BCUT2D eigenvalue weighted by Crippen LogP contribution is -1.91. The summed E-state index contributed by atoms with van der Waals surface area (Å²) in [5.41, 5.74) is 0.383. The molecule has 4 heteroatoms.